The van der Waals surface area contributed by atoms with E-state index in [1.54, 1.807) is 24.3 Å². The van der Waals surface area contributed by atoms with Crippen LogP contribution in [-0.4, -0.2) is 14.3 Å². The number of rotatable bonds is 7. The Kier molecular flexibility index (Phi) is 6.88. The maximum absolute atomic E-state index is 12.7. The minimum Gasteiger partial charge on any atom is -0.456 e. The van der Waals surface area contributed by atoms with Gasteiger partial charge in [-0.2, -0.15) is 0 Å². The molecule has 4 rings (SSSR count). The molecule has 3 aromatic carbocycles. The van der Waals surface area contributed by atoms with Crippen LogP contribution in [0.25, 0.3) is 0 Å². The van der Waals surface area contributed by atoms with E-state index in [0.29, 0.717) is 32.3 Å². The number of carbonyl (C=O) groups is 1. The van der Waals surface area contributed by atoms with Gasteiger partial charge >= 0.3 is 0 Å². The highest BCUT2D eigenvalue weighted by Crippen LogP contribution is 2.45. The average Bonchev–Trinajstić information content (AvgIpc) is 3.57. The largest absolute Gasteiger partial charge is 0.456 e. The number of benzene rings is 3. The fourth-order valence-corrected chi connectivity index (χ4v) is 4.92. The van der Waals surface area contributed by atoms with E-state index in [4.69, 9.17) is 44.7 Å². The van der Waals surface area contributed by atoms with Crippen LogP contribution < -0.4 is 15.2 Å². The predicted molar refractivity (Wildman–Crippen MR) is 130 cm³/mol. The Morgan fingerprint density at radius 1 is 1.06 bits per heavy atom. The molecule has 0 aliphatic heterocycles. The van der Waals surface area contributed by atoms with E-state index in [9.17, 15) is 13.2 Å². The molecule has 0 aromatic heterocycles. The van der Waals surface area contributed by atoms with E-state index in [2.05, 4.69) is 5.32 Å². The summed E-state index contributed by atoms with van der Waals surface area (Å²) in [5.74, 6) is 0.335. The van der Waals surface area contributed by atoms with Crippen LogP contribution in [0.5, 0.6) is 11.5 Å². The minimum absolute atomic E-state index is 0.000916. The van der Waals surface area contributed by atoms with Crippen LogP contribution in [0.1, 0.15) is 29.9 Å². The Hall–Kier alpha value is -2.29. The van der Waals surface area contributed by atoms with Gasteiger partial charge in [0, 0.05) is 20.8 Å². The van der Waals surface area contributed by atoms with Crippen LogP contribution in [0.3, 0.4) is 0 Å². The van der Waals surface area contributed by atoms with Crippen molar-refractivity contribution in [3.8, 4) is 11.5 Å². The molecule has 1 amide bonds. The van der Waals surface area contributed by atoms with Gasteiger partial charge in [-0.3, -0.25) is 4.79 Å². The highest BCUT2D eigenvalue weighted by Gasteiger charge is 2.28. The molecule has 3 aromatic rings. The first-order valence-electron chi connectivity index (χ1n) is 9.98. The van der Waals surface area contributed by atoms with Crippen molar-refractivity contribution < 1.29 is 17.9 Å². The highest BCUT2D eigenvalue weighted by molar-refractivity contribution is 7.89. The second-order valence-electron chi connectivity index (χ2n) is 7.69. The lowest BCUT2D eigenvalue weighted by molar-refractivity contribution is -0.115. The topological polar surface area (TPSA) is 98.5 Å². The molecule has 1 saturated carbocycles. The number of amides is 1. The number of halogens is 3. The summed E-state index contributed by atoms with van der Waals surface area (Å²) in [4.78, 5) is 12.4. The summed E-state index contributed by atoms with van der Waals surface area (Å²) >= 11 is 18.7. The summed E-state index contributed by atoms with van der Waals surface area (Å²) in [6.07, 6.45) is 2.06. The zero-order valence-electron chi connectivity index (χ0n) is 17.1. The van der Waals surface area contributed by atoms with Gasteiger partial charge in [0.15, 0.2) is 0 Å². The van der Waals surface area contributed by atoms with Crippen molar-refractivity contribution in [2.75, 3.05) is 5.32 Å². The highest BCUT2D eigenvalue weighted by atomic mass is 35.5. The zero-order chi connectivity index (χ0) is 23.8. The van der Waals surface area contributed by atoms with E-state index < -0.39 is 15.9 Å². The Morgan fingerprint density at radius 3 is 2.48 bits per heavy atom. The molecule has 1 aliphatic rings. The van der Waals surface area contributed by atoms with Crippen LogP contribution in [0.2, 0.25) is 15.1 Å². The number of carbonyl (C=O) groups excluding carboxylic acids is 1. The number of nitrogens with two attached hydrogens (primary N) is 1. The van der Waals surface area contributed by atoms with Crippen LogP contribution >= 0.6 is 34.8 Å². The van der Waals surface area contributed by atoms with Crippen molar-refractivity contribution in [2.45, 2.75) is 30.1 Å². The van der Waals surface area contributed by atoms with Gasteiger partial charge in [-0.05, 0) is 72.4 Å². The Labute approximate surface area is 206 Å². The lowest BCUT2D eigenvalue weighted by atomic mass is 10.0. The normalized spacial score (nSPS) is 13.6. The van der Waals surface area contributed by atoms with Crippen LogP contribution in [0.4, 0.5) is 5.69 Å². The van der Waals surface area contributed by atoms with Crippen LogP contribution in [-0.2, 0) is 21.2 Å². The monoisotopic (exact) mass is 524 g/mol. The molecule has 0 saturated heterocycles. The van der Waals surface area contributed by atoms with E-state index >= 15 is 0 Å². The average molecular weight is 526 g/mol. The number of nitrogens with one attached hydrogen (secondary N) is 1. The van der Waals surface area contributed by atoms with E-state index in [-0.39, 0.29) is 22.8 Å². The van der Waals surface area contributed by atoms with Crippen LogP contribution in [0.15, 0.2) is 59.5 Å². The standard InChI is InChI=1S/C23H19Cl3N2O4S/c24-14-2-1-3-16(10-14)32-20-9-6-15(11-21(20)33(27,30)31)28-22(29)12-18-19(25)8-7-17(23(18)26)13-4-5-13/h1-3,6-11,13H,4-5,12H2,(H,28,29)(H2,27,30,31). The Bertz CT molecular complexity index is 1340. The van der Waals surface area contributed by atoms with Gasteiger partial charge < -0.3 is 10.1 Å². The van der Waals surface area contributed by atoms with Gasteiger partial charge in [0.25, 0.3) is 0 Å². The molecule has 1 aliphatic carbocycles. The lowest BCUT2D eigenvalue weighted by Crippen LogP contribution is -2.17. The molecule has 0 atom stereocenters. The molecule has 0 radical (unpaired) electrons. The molecule has 1 fully saturated rings. The first-order valence-corrected chi connectivity index (χ1v) is 12.7. The maximum Gasteiger partial charge on any atom is 0.241 e. The third kappa shape index (κ3) is 5.80. The molecule has 0 bridgehead atoms. The Balaban J connectivity index is 1.56. The fourth-order valence-electron chi connectivity index (χ4n) is 3.40. The maximum atomic E-state index is 12.7. The second kappa shape index (κ2) is 9.52. The van der Waals surface area contributed by atoms with Crippen molar-refractivity contribution in [2.24, 2.45) is 5.14 Å². The number of hydrogen-bond donors (Lipinski definition) is 2. The Morgan fingerprint density at radius 2 is 1.82 bits per heavy atom. The SMILES string of the molecule is NS(=O)(=O)c1cc(NC(=O)Cc2c(Cl)ccc(C3CC3)c2Cl)ccc1Oc1cccc(Cl)c1. The van der Waals surface area contributed by atoms with Crippen LogP contribution in [0, 0.1) is 0 Å². The summed E-state index contributed by atoms with van der Waals surface area (Å²) in [5.41, 5.74) is 1.75. The van der Waals surface area contributed by atoms with Gasteiger partial charge in [0.2, 0.25) is 15.9 Å². The molecule has 0 unspecified atom stereocenters. The molecule has 33 heavy (non-hydrogen) atoms. The molecule has 10 heteroatoms. The molecule has 172 valence electrons. The summed E-state index contributed by atoms with van der Waals surface area (Å²) in [7, 11) is -4.15. The number of hydrogen-bond acceptors (Lipinski definition) is 4. The molecule has 6 nitrogen and oxygen atoms in total. The van der Waals surface area contributed by atoms with Crippen molar-refractivity contribution in [3.05, 3.63) is 80.8 Å². The molecular formula is C23H19Cl3N2O4S. The predicted octanol–water partition coefficient (Wildman–Crippen LogP) is 6.15. The van der Waals surface area contributed by atoms with Gasteiger partial charge in [0.05, 0.1) is 6.42 Å². The first kappa shape index (κ1) is 23.9. The number of ether oxygens (including phenoxy) is 1. The van der Waals surface area contributed by atoms with E-state index in [1.807, 2.05) is 6.07 Å². The quantitative estimate of drug-likeness (QED) is 0.387. The third-order valence-electron chi connectivity index (χ3n) is 5.13. The van der Waals surface area contributed by atoms with Crippen molar-refractivity contribution in [1.29, 1.82) is 0 Å². The molecule has 0 spiro atoms. The van der Waals surface area contributed by atoms with Gasteiger partial charge in [-0.15, -0.1) is 0 Å². The van der Waals surface area contributed by atoms with Gasteiger partial charge in [-0.25, -0.2) is 13.6 Å². The van der Waals surface area contributed by atoms with E-state index in [1.165, 1.54) is 24.3 Å². The summed E-state index contributed by atoms with van der Waals surface area (Å²) < 4.78 is 30.0. The summed E-state index contributed by atoms with van der Waals surface area (Å²) in [5, 5.41) is 9.36. The summed E-state index contributed by atoms with van der Waals surface area (Å²) in [6.45, 7) is 0. The van der Waals surface area contributed by atoms with Gasteiger partial charge in [-0.1, -0.05) is 46.9 Å². The van der Waals surface area contributed by atoms with Crippen molar-refractivity contribution in [1.82, 2.24) is 0 Å². The molecule has 0 heterocycles. The van der Waals surface area contributed by atoms with Crippen molar-refractivity contribution >= 4 is 56.4 Å². The third-order valence-corrected chi connectivity index (χ3v) is 7.10. The van der Waals surface area contributed by atoms with Gasteiger partial charge in [0.1, 0.15) is 16.4 Å². The van der Waals surface area contributed by atoms with Crippen molar-refractivity contribution in [3.63, 3.8) is 0 Å². The first-order chi connectivity index (χ1) is 15.6. The minimum atomic E-state index is -4.15. The number of primary sulfonamides is 1. The zero-order valence-corrected chi connectivity index (χ0v) is 20.2. The number of sulfonamides is 1. The smallest absolute Gasteiger partial charge is 0.241 e. The lowest BCUT2D eigenvalue weighted by Gasteiger charge is -2.14. The molecule has 3 N–H and O–H groups in total. The molecular weight excluding hydrogens is 507 g/mol. The number of anilines is 1. The second-order valence-corrected chi connectivity index (χ2v) is 10.4. The summed E-state index contributed by atoms with van der Waals surface area (Å²) in [6, 6.07) is 14.3. The fraction of sp³-hybridized carbons (Fsp3) is 0.174. The van der Waals surface area contributed by atoms with E-state index in [0.717, 1.165) is 18.4 Å².